The van der Waals surface area contributed by atoms with Gasteiger partial charge in [-0.15, -0.1) is 0 Å². The molecule has 4 nitrogen and oxygen atoms in total. The zero-order valence-corrected chi connectivity index (χ0v) is 12.5. The number of carbonyl (C=O) groups is 1. The number of nitrogens with one attached hydrogen (secondary N) is 1. The Labute approximate surface area is 126 Å². The molecule has 1 amide bonds. The predicted molar refractivity (Wildman–Crippen MR) is 80.7 cm³/mol. The van der Waals surface area contributed by atoms with Gasteiger partial charge in [-0.3, -0.25) is 4.79 Å². The molecular formula is C17H22N2O2. The van der Waals surface area contributed by atoms with E-state index < -0.39 is 5.54 Å². The van der Waals surface area contributed by atoms with E-state index in [0.29, 0.717) is 11.7 Å². The minimum atomic E-state index is -0.706. The van der Waals surface area contributed by atoms with E-state index in [-0.39, 0.29) is 12.5 Å². The average Bonchev–Trinajstić information content (AvgIpc) is 2.54. The van der Waals surface area contributed by atoms with Gasteiger partial charge in [0.05, 0.1) is 6.07 Å². The van der Waals surface area contributed by atoms with E-state index in [4.69, 9.17) is 4.74 Å². The molecule has 0 bridgehead atoms. The summed E-state index contributed by atoms with van der Waals surface area (Å²) in [5.41, 5.74) is -0.706. The summed E-state index contributed by atoms with van der Waals surface area (Å²) in [6.45, 7) is 2.13. The van der Waals surface area contributed by atoms with Gasteiger partial charge in [-0.2, -0.15) is 5.26 Å². The fourth-order valence-electron chi connectivity index (χ4n) is 2.81. The van der Waals surface area contributed by atoms with Crippen molar-refractivity contribution in [3.8, 4) is 11.8 Å². The normalized spacial score (nSPS) is 24.9. The third-order valence-electron chi connectivity index (χ3n) is 4.24. The summed E-state index contributed by atoms with van der Waals surface area (Å²) in [5.74, 6) is 1.12. The highest BCUT2D eigenvalue weighted by atomic mass is 16.5. The monoisotopic (exact) mass is 286 g/mol. The summed E-state index contributed by atoms with van der Waals surface area (Å²) in [5, 5.41) is 12.3. The van der Waals surface area contributed by atoms with Gasteiger partial charge in [-0.05, 0) is 43.7 Å². The number of ether oxygens (including phenoxy) is 1. The predicted octanol–water partition coefficient (Wildman–Crippen LogP) is 3.04. The summed E-state index contributed by atoms with van der Waals surface area (Å²) >= 11 is 0. The van der Waals surface area contributed by atoms with E-state index in [9.17, 15) is 10.1 Å². The van der Waals surface area contributed by atoms with Crippen molar-refractivity contribution in [2.75, 3.05) is 6.61 Å². The van der Waals surface area contributed by atoms with Gasteiger partial charge < -0.3 is 10.1 Å². The molecule has 21 heavy (non-hydrogen) atoms. The van der Waals surface area contributed by atoms with Gasteiger partial charge in [0, 0.05) is 0 Å². The first-order valence-electron chi connectivity index (χ1n) is 7.57. The molecule has 2 rings (SSSR count). The molecule has 1 aromatic rings. The van der Waals surface area contributed by atoms with Crippen LogP contribution in [0.4, 0.5) is 0 Å². The minimum absolute atomic E-state index is 0.0509. The van der Waals surface area contributed by atoms with Crippen LogP contribution < -0.4 is 10.1 Å². The second-order valence-corrected chi connectivity index (χ2v) is 5.70. The van der Waals surface area contributed by atoms with Crippen LogP contribution in [-0.2, 0) is 4.79 Å². The second kappa shape index (κ2) is 7.12. The topological polar surface area (TPSA) is 62.1 Å². The van der Waals surface area contributed by atoms with Gasteiger partial charge in [0.1, 0.15) is 11.3 Å². The summed E-state index contributed by atoms with van der Waals surface area (Å²) < 4.78 is 5.42. The molecule has 1 aliphatic rings. The summed E-state index contributed by atoms with van der Waals surface area (Å²) in [6.07, 6.45) is 4.62. The van der Waals surface area contributed by atoms with Crippen molar-refractivity contribution in [2.24, 2.45) is 5.92 Å². The Bertz CT molecular complexity index is 499. The quantitative estimate of drug-likeness (QED) is 0.905. The van der Waals surface area contributed by atoms with Crippen LogP contribution >= 0.6 is 0 Å². The molecule has 0 atom stereocenters. The third-order valence-corrected chi connectivity index (χ3v) is 4.24. The first kappa shape index (κ1) is 15.4. The molecule has 1 aliphatic carbocycles. The number of benzene rings is 1. The van der Waals surface area contributed by atoms with E-state index in [2.05, 4.69) is 18.3 Å². The Morgan fingerprint density at radius 1 is 1.38 bits per heavy atom. The fourth-order valence-corrected chi connectivity index (χ4v) is 2.81. The van der Waals surface area contributed by atoms with Gasteiger partial charge in [0.2, 0.25) is 0 Å². The maximum atomic E-state index is 12.0. The SMILES string of the molecule is CCC1CCC(C#N)(NC(=O)COc2ccccc2)CC1. The van der Waals surface area contributed by atoms with E-state index in [1.54, 1.807) is 12.1 Å². The largest absolute Gasteiger partial charge is 0.484 e. The molecule has 0 unspecified atom stereocenters. The molecule has 1 saturated carbocycles. The summed E-state index contributed by atoms with van der Waals surface area (Å²) in [7, 11) is 0. The first-order valence-corrected chi connectivity index (χ1v) is 7.57. The molecule has 112 valence electrons. The van der Waals surface area contributed by atoms with Crippen LogP contribution in [0.1, 0.15) is 39.0 Å². The van der Waals surface area contributed by atoms with Crippen LogP contribution in [0.25, 0.3) is 0 Å². The molecule has 1 aromatic carbocycles. The lowest BCUT2D eigenvalue weighted by molar-refractivity contribution is -0.124. The highest BCUT2D eigenvalue weighted by molar-refractivity contribution is 5.78. The van der Waals surface area contributed by atoms with Crippen molar-refractivity contribution >= 4 is 5.91 Å². The Balaban J connectivity index is 1.85. The Hall–Kier alpha value is -2.02. The zero-order valence-electron chi connectivity index (χ0n) is 12.5. The van der Waals surface area contributed by atoms with Crippen molar-refractivity contribution in [1.29, 1.82) is 5.26 Å². The lowest BCUT2D eigenvalue weighted by Gasteiger charge is -2.35. The average molecular weight is 286 g/mol. The van der Waals surface area contributed by atoms with Gasteiger partial charge in [0.25, 0.3) is 5.91 Å². The minimum Gasteiger partial charge on any atom is -0.484 e. The highest BCUT2D eigenvalue weighted by Gasteiger charge is 2.36. The first-order chi connectivity index (χ1) is 10.2. The van der Waals surface area contributed by atoms with Crippen molar-refractivity contribution in [2.45, 2.75) is 44.6 Å². The van der Waals surface area contributed by atoms with Crippen LogP contribution in [-0.4, -0.2) is 18.1 Å². The van der Waals surface area contributed by atoms with E-state index >= 15 is 0 Å². The molecule has 1 fully saturated rings. The lowest BCUT2D eigenvalue weighted by Crippen LogP contribution is -2.51. The molecule has 0 radical (unpaired) electrons. The third kappa shape index (κ3) is 4.22. The van der Waals surface area contributed by atoms with Gasteiger partial charge in [0.15, 0.2) is 6.61 Å². The molecular weight excluding hydrogens is 264 g/mol. The van der Waals surface area contributed by atoms with Crippen LogP contribution in [0.5, 0.6) is 5.75 Å². The Morgan fingerprint density at radius 2 is 2.05 bits per heavy atom. The van der Waals surface area contributed by atoms with Crippen LogP contribution in [0.2, 0.25) is 0 Å². The summed E-state index contributed by atoms with van der Waals surface area (Å²) in [4.78, 5) is 12.0. The number of para-hydroxylation sites is 1. The number of rotatable bonds is 5. The number of amides is 1. The highest BCUT2D eigenvalue weighted by Crippen LogP contribution is 2.33. The lowest BCUT2D eigenvalue weighted by atomic mass is 9.76. The van der Waals surface area contributed by atoms with Gasteiger partial charge in [-0.1, -0.05) is 31.5 Å². The maximum absolute atomic E-state index is 12.0. The number of hydrogen-bond donors (Lipinski definition) is 1. The Morgan fingerprint density at radius 3 is 2.62 bits per heavy atom. The number of nitrogens with zero attached hydrogens (tertiary/aromatic N) is 1. The van der Waals surface area contributed by atoms with Crippen molar-refractivity contribution in [3.63, 3.8) is 0 Å². The molecule has 4 heteroatoms. The van der Waals surface area contributed by atoms with Gasteiger partial charge in [-0.25, -0.2) is 0 Å². The smallest absolute Gasteiger partial charge is 0.259 e. The van der Waals surface area contributed by atoms with E-state index in [0.717, 1.165) is 32.1 Å². The van der Waals surface area contributed by atoms with Crippen LogP contribution in [0.15, 0.2) is 30.3 Å². The van der Waals surface area contributed by atoms with Crippen molar-refractivity contribution in [3.05, 3.63) is 30.3 Å². The van der Waals surface area contributed by atoms with E-state index in [1.165, 1.54) is 0 Å². The standard InChI is InChI=1S/C17H22N2O2/c1-2-14-8-10-17(13-18,11-9-14)19-16(20)12-21-15-6-4-3-5-7-15/h3-7,14H,2,8-12H2,1H3,(H,19,20). The number of hydrogen-bond acceptors (Lipinski definition) is 3. The summed E-state index contributed by atoms with van der Waals surface area (Å²) in [6, 6.07) is 11.5. The second-order valence-electron chi connectivity index (χ2n) is 5.70. The zero-order chi connectivity index (χ0) is 15.1. The Kier molecular flexibility index (Phi) is 5.21. The molecule has 0 aliphatic heterocycles. The van der Waals surface area contributed by atoms with Crippen LogP contribution in [0, 0.1) is 17.2 Å². The molecule has 0 aromatic heterocycles. The van der Waals surface area contributed by atoms with Crippen molar-refractivity contribution in [1.82, 2.24) is 5.32 Å². The molecule has 1 N–H and O–H groups in total. The van der Waals surface area contributed by atoms with Gasteiger partial charge >= 0.3 is 0 Å². The van der Waals surface area contributed by atoms with E-state index in [1.807, 2.05) is 18.2 Å². The number of nitriles is 1. The molecule has 0 saturated heterocycles. The number of carbonyl (C=O) groups excluding carboxylic acids is 1. The maximum Gasteiger partial charge on any atom is 0.259 e. The van der Waals surface area contributed by atoms with Crippen molar-refractivity contribution < 1.29 is 9.53 Å². The van der Waals surface area contributed by atoms with Crippen LogP contribution in [0.3, 0.4) is 0 Å². The molecule has 0 spiro atoms. The fraction of sp³-hybridized carbons (Fsp3) is 0.529. The molecule has 0 heterocycles.